The summed E-state index contributed by atoms with van der Waals surface area (Å²) in [5, 5.41) is 0. The third kappa shape index (κ3) is 107. The monoisotopic (exact) mass is 442 g/mol. The molecule has 0 aromatic carbocycles. The van der Waals surface area contributed by atoms with Gasteiger partial charge in [-0.05, 0) is 0 Å². The largest absolute Gasteiger partial charge is 6.00 e. The van der Waals surface area contributed by atoms with Gasteiger partial charge in [-0.25, -0.2) is 0 Å². The first-order chi connectivity index (χ1) is 2.00. The minimum atomic E-state index is -5.39. The first-order valence-corrected chi connectivity index (χ1v) is 2.19. The van der Waals surface area contributed by atoms with Crippen molar-refractivity contribution >= 4 is 7.82 Å². The van der Waals surface area contributed by atoms with Crippen LogP contribution in [0.2, 0.25) is 0 Å². The Bertz CT molecular complexity index is 58.6. The Balaban J connectivity index is -0.0000000267. The second-order valence-electron chi connectivity index (χ2n) is 0.447. The molecule has 0 aromatic rings. The Morgan fingerprint density at radius 2 is 1.12 bits per heavy atom. The second-order valence-corrected chi connectivity index (χ2v) is 1.34. The van der Waals surface area contributed by atoms with Crippen molar-refractivity contribution in [2.45, 2.75) is 0 Å². The summed E-state index contributed by atoms with van der Waals surface area (Å²) in [6, 6.07) is 0. The summed E-state index contributed by atoms with van der Waals surface area (Å²) in [5.41, 5.74) is 0. The summed E-state index contributed by atoms with van der Waals surface area (Å²) in [6.07, 6.45) is 0. The zero-order chi connectivity index (χ0) is 4.50. The predicted octanol–water partition coefficient (Wildman–Crippen LogP) is -2.95. The topological polar surface area (TPSA) is 115 Å². The molecule has 0 rings (SSSR count). The zero-order valence-corrected chi connectivity index (χ0v) is 10.7. The van der Waals surface area contributed by atoms with Crippen molar-refractivity contribution in [1.29, 1.82) is 0 Å². The zero-order valence-electron chi connectivity index (χ0n) is 3.44. The Morgan fingerprint density at radius 3 is 1.12 bits per heavy atom. The molecule has 0 amide bonds. The van der Waals surface area contributed by atoms with Crippen molar-refractivity contribution in [1.82, 2.24) is 0 Å². The molecule has 0 fully saturated rings. The van der Waals surface area contributed by atoms with Crippen LogP contribution in [0.3, 0.4) is 0 Å². The molecule has 0 heterocycles. The van der Waals surface area contributed by atoms with Gasteiger partial charge in [-0.1, -0.05) is 0 Å². The molecule has 34 valence electrons. The summed E-state index contributed by atoms with van der Waals surface area (Å²) >= 11 is 0. The fourth-order valence-corrected chi connectivity index (χ4v) is 0. The van der Waals surface area contributed by atoms with Crippen molar-refractivity contribution in [2.75, 3.05) is 0 Å². The summed E-state index contributed by atoms with van der Waals surface area (Å²) in [4.78, 5) is 25.6. The molecule has 8 heteroatoms. The van der Waals surface area contributed by atoms with Crippen LogP contribution in [0.1, 0.15) is 0 Å². The quantitative estimate of drug-likeness (QED) is 0.295. The van der Waals surface area contributed by atoms with E-state index in [1.54, 1.807) is 0 Å². The fourth-order valence-electron chi connectivity index (χ4n) is 0. The van der Waals surface area contributed by atoms with Crippen molar-refractivity contribution in [2.24, 2.45) is 0 Å². The van der Waals surface area contributed by atoms with Crippen LogP contribution in [0.4, 0.5) is 0 Å². The van der Waals surface area contributed by atoms with Crippen LogP contribution < -0.4 is 14.7 Å². The van der Waals surface area contributed by atoms with Gasteiger partial charge in [0.1, 0.15) is 0 Å². The van der Waals surface area contributed by atoms with Gasteiger partial charge < -0.3 is 19.2 Å². The van der Waals surface area contributed by atoms with E-state index in [1.807, 2.05) is 0 Å². The number of rotatable bonds is 0. The fraction of sp³-hybridized carbons (Fsp3) is 0. The molecule has 0 aliphatic rings. The molecule has 0 saturated heterocycles. The Morgan fingerprint density at radius 1 is 1.12 bits per heavy atom. The van der Waals surface area contributed by atoms with Crippen LogP contribution in [-0.4, -0.2) is 0 Å². The van der Waals surface area contributed by atoms with Gasteiger partial charge in [0.15, 0.2) is 0 Å². The van der Waals surface area contributed by atoms with Gasteiger partial charge in [0.25, 0.3) is 0 Å². The molecule has 0 unspecified atom stereocenters. The van der Waals surface area contributed by atoms with E-state index in [2.05, 4.69) is 0 Å². The van der Waals surface area contributed by atoms with Gasteiger partial charge in [-0.2, -0.15) is 7.82 Å². The van der Waals surface area contributed by atoms with Crippen LogP contribution in [0.15, 0.2) is 0 Å². The minimum absolute atomic E-state index is 0. The maximum atomic E-state index is 8.55. The Hall–Kier alpha value is 1.86. The molecule has 8 heavy (non-hydrogen) atoms. The summed E-state index contributed by atoms with van der Waals surface area (Å²) in [6.45, 7) is 0. The predicted molar refractivity (Wildman–Crippen MR) is 8.29 cm³/mol. The van der Waals surface area contributed by atoms with Crippen molar-refractivity contribution in [3.8, 4) is 0 Å². The SMILES string of the molecule is O=P([O-])([O-])[O-].[Nb+5].[O+2].[U+6]. The summed E-state index contributed by atoms with van der Waals surface area (Å²) in [5.74, 6) is 0. The molecule has 0 saturated carbocycles. The molecular weight excluding hydrogens is 442 g/mol. The van der Waals surface area contributed by atoms with Crippen LogP contribution in [0, 0.1) is 31.1 Å². The summed E-state index contributed by atoms with van der Waals surface area (Å²) < 4.78 is 8.55. The molecule has 0 spiro atoms. The van der Waals surface area contributed by atoms with Gasteiger partial charge in [-0.3, -0.25) is 0 Å². The van der Waals surface area contributed by atoms with Crippen LogP contribution in [-0.2, 0) is 32.4 Å². The third-order valence-corrected chi connectivity index (χ3v) is 0. The smallest absolute Gasteiger partial charge is 0.822 e. The van der Waals surface area contributed by atoms with Gasteiger partial charge in [0.05, 0.1) is 0 Å². The van der Waals surface area contributed by atoms with E-state index < -0.39 is 7.82 Å². The molecule has 5 nitrogen and oxygen atoms in total. The van der Waals surface area contributed by atoms with Gasteiger partial charge >= 0.3 is 59.0 Å². The van der Waals surface area contributed by atoms with Gasteiger partial charge in [0.2, 0.25) is 0 Å². The second kappa shape index (κ2) is 8.86. The average molecular weight is 442 g/mol. The third-order valence-electron chi connectivity index (χ3n) is 0. The van der Waals surface area contributed by atoms with Crippen LogP contribution in [0.25, 0.3) is 0 Å². The molecule has 4 radical (unpaired) electrons. The van der Waals surface area contributed by atoms with Gasteiger partial charge in [-0.15, -0.1) is 0 Å². The number of hydrogen-bond acceptors (Lipinski definition) is 4. The molecule has 0 aromatic heterocycles. The van der Waals surface area contributed by atoms with Gasteiger partial charge in [0, 0.05) is 0 Å². The maximum Gasteiger partial charge on any atom is 6.00 e. The van der Waals surface area contributed by atoms with E-state index in [1.165, 1.54) is 0 Å². The standard InChI is InChI=1S/Nb.H3O4P.O.U/c;1-5(2,3)4;;/h;(H3,1,2,3,4);;/q+5;;+2;+6/p-3. The van der Waals surface area contributed by atoms with E-state index in [4.69, 9.17) is 19.2 Å². The molecule has 0 atom stereocenters. The number of hydrogen-bond donors (Lipinski definition) is 0. The maximum absolute atomic E-state index is 8.55. The van der Waals surface area contributed by atoms with Crippen LogP contribution in [0.5, 0.6) is 0 Å². The van der Waals surface area contributed by atoms with Crippen molar-refractivity contribution in [3.05, 3.63) is 0 Å². The van der Waals surface area contributed by atoms with E-state index in [-0.39, 0.29) is 59.0 Å². The van der Waals surface area contributed by atoms with E-state index >= 15 is 0 Å². The van der Waals surface area contributed by atoms with Crippen molar-refractivity contribution in [3.63, 3.8) is 0 Å². The first-order valence-electron chi connectivity index (χ1n) is 0.730. The van der Waals surface area contributed by atoms with E-state index in [0.29, 0.717) is 0 Å². The first kappa shape index (κ1) is 22.5. The van der Waals surface area contributed by atoms with E-state index in [9.17, 15) is 0 Å². The molecule has 0 bridgehead atoms. The average Bonchev–Trinajstić information content (AvgIpc) is 0.722. The summed E-state index contributed by atoms with van der Waals surface area (Å²) in [7, 11) is -5.39. The van der Waals surface area contributed by atoms with Crippen LogP contribution >= 0.6 is 7.82 Å². The Labute approximate surface area is 85.3 Å². The molecule has 0 aliphatic heterocycles. The Kier molecular flexibility index (Phi) is 25.0. The molecule has 0 N–H and O–H groups in total. The minimum Gasteiger partial charge on any atom is -0.822 e. The van der Waals surface area contributed by atoms with E-state index in [0.717, 1.165) is 0 Å². The molecular formula is NbO5PU+10. The van der Waals surface area contributed by atoms with Crippen molar-refractivity contribution < 1.29 is 78.2 Å². The molecule has 0 aliphatic carbocycles. The number of phosphoric acid groups is 1. The normalized spacial score (nSPS) is 7.38.